The Morgan fingerprint density at radius 3 is 2.67 bits per heavy atom. The van der Waals surface area contributed by atoms with Crippen LogP contribution in [0.1, 0.15) is 5.56 Å². The van der Waals surface area contributed by atoms with Crippen LogP contribution in [0, 0.1) is 0 Å². The molecule has 1 aromatic rings. The van der Waals surface area contributed by atoms with Gasteiger partial charge in [0, 0.05) is 5.69 Å². The first-order valence-corrected chi connectivity index (χ1v) is 4.35. The molecule has 0 aliphatic heterocycles. The smallest absolute Gasteiger partial charge is 0.469 e. The first-order valence-electron chi connectivity index (χ1n) is 4.35. The SMILES string of the molecule is COC(=O)Cc1cc(N)cc(B(O)O)c1. The third-order valence-corrected chi connectivity index (χ3v) is 1.91. The predicted molar refractivity (Wildman–Crippen MR) is 56.4 cm³/mol. The summed E-state index contributed by atoms with van der Waals surface area (Å²) < 4.78 is 4.49. The Kier molecular flexibility index (Phi) is 3.71. The quantitative estimate of drug-likeness (QED) is 0.325. The number of rotatable bonds is 3. The van der Waals surface area contributed by atoms with Gasteiger partial charge in [0.15, 0.2) is 0 Å². The van der Waals surface area contributed by atoms with Gasteiger partial charge in [-0.3, -0.25) is 4.79 Å². The second-order valence-electron chi connectivity index (χ2n) is 3.13. The van der Waals surface area contributed by atoms with Crippen molar-refractivity contribution in [2.45, 2.75) is 6.42 Å². The summed E-state index contributed by atoms with van der Waals surface area (Å²) in [5.74, 6) is -0.404. The van der Waals surface area contributed by atoms with Crippen LogP contribution in [0.5, 0.6) is 0 Å². The molecule has 4 N–H and O–H groups in total. The second kappa shape index (κ2) is 4.81. The van der Waals surface area contributed by atoms with Crippen LogP contribution in [0.3, 0.4) is 0 Å². The molecule has 15 heavy (non-hydrogen) atoms. The van der Waals surface area contributed by atoms with Gasteiger partial charge in [0.05, 0.1) is 13.5 Å². The molecule has 0 bridgehead atoms. The van der Waals surface area contributed by atoms with E-state index in [4.69, 9.17) is 15.8 Å². The summed E-state index contributed by atoms with van der Waals surface area (Å²) in [5, 5.41) is 17.9. The molecule has 0 fully saturated rings. The maximum Gasteiger partial charge on any atom is 0.488 e. The molecule has 0 aromatic heterocycles. The van der Waals surface area contributed by atoms with Crippen molar-refractivity contribution >= 4 is 24.2 Å². The van der Waals surface area contributed by atoms with Crippen LogP contribution in [0.15, 0.2) is 18.2 Å². The molecule has 0 atom stereocenters. The zero-order valence-corrected chi connectivity index (χ0v) is 8.30. The number of carbonyl (C=O) groups is 1. The lowest BCUT2D eigenvalue weighted by atomic mass is 9.79. The van der Waals surface area contributed by atoms with E-state index in [2.05, 4.69) is 4.74 Å². The highest BCUT2D eigenvalue weighted by Crippen LogP contribution is 2.06. The Labute approximate surface area is 87.6 Å². The average Bonchev–Trinajstić information content (AvgIpc) is 2.16. The van der Waals surface area contributed by atoms with Crippen LogP contribution < -0.4 is 11.2 Å². The number of ether oxygens (including phenoxy) is 1. The van der Waals surface area contributed by atoms with Gasteiger partial charge in [0.25, 0.3) is 0 Å². The number of nitrogens with two attached hydrogens (primary N) is 1. The van der Waals surface area contributed by atoms with E-state index in [0.717, 1.165) is 0 Å². The minimum atomic E-state index is -1.59. The molecule has 0 saturated carbocycles. The van der Waals surface area contributed by atoms with Crippen molar-refractivity contribution in [2.75, 3.05) is 12.8 Å². The normalized spacial score (nSPS) is 9.80. The summed E-state index contributed by atoms with van der Waals surface area (Å²) >= 11 is 0. The van der Waals surface area contributed by atoms with Gasteiger partial charge in [-0.2, -0.15) is 0 Å². The van der Waals surface area contributed by atoms with Gasteiger partial charge in [0.1, 0.15) is 0 Å². The molecule has 6 heteroatoms. The number of esters is 1. The van der Waals surface area contributed by atoms with Gasteiger partial charge in [-0.15, -0.1) is 0 Å². The summed E-state index contributed by atoms with van der Waals surface area (Å²) in [4.78, 5) is 11.0. The van der Waals surface area contributed by atoms with Crippen LogP contribution in [-0.2, 0) is 16.0 Å². The van der Waals surface area contributed by atoms with Crippen molar-refractivity contribution in [3.05, 3.63) is 23.8 Å². The summed E-state index contributed by atoms with van der Waals surface area (Å²) in [5.41, 5.74) is 6.76. The highest BCUT2D eigenvalue weighted by atomic mass is 16.5. The van der Waals surface area contributed by atoms with E-state index in [9.17, 15) is 4.79 Å². The minimum absolute atomic E-state index is 0.0568. The van der Waals surface area contributed by atoms with Crippen LogP contribution in [0.4, 0.5) is 5.69 Å². The molecule has 0 spiro atoms. The first-order chi connectivity index (χ1) is 7.02. The van der Waals surface area contributed by atoms with Crippen molar-refractivity contribution in [2.24, 2.45) is 0 Å². The number of hydrogen-bond donors (Lipinski definition) is 3. The third kappa shape index (κ3) is 3.27. The molecule has 0 unspecified atom stereocenters. The van der Waals surface area contributed by atoms with Crippen molar-refractivity contribution in [1.82, 2.24) is 0 Å². The minimum Gasteiger partial charge on any atom is -0.469 e. The predicted octanol–water partition coefficient (Wildman–Crippen LogP) is -1.34. The van der Waals surface area contributed by atoms with Crippen LogP contribution in [-0.4, -0.2) is 30.2 Å². The molecule has 1 rings (SSSR count). The van der Waals surface area contributed by atoms with Gasteiger partial charge in [-0.1, -0.05) is 6.07 Å². The van der Waals surface area contributed by atoms with Crippen LogP contribution in [0.25, 0.3) is 0 Å². The molecule has 0 aliphatic carbocycles. The highest BCUT2D eigenvalue weighted by Gasteiger charge is 2.13. The van der Waals surface area contributed by atoms with Crippen molar-refractivity contribution in [3.63, 3.8) is 0 Å². The number of carbonyl (C=O) groups excluding carboxylic acids is 1. The van der Waals surface area contributed by atoms with E-state index in [1.54, 1.807) is 6.07 Å². The zero-order valence-electron chi connectivity index (χ0n) is 8.30. The molecule has 0 amide bonds. The number of methoxy groups -OCH3 is 1. The maximum absolute atomic E-state index is 11.0. The van der Waals surface area contributed by atoms with Gasteiger partial charge in [-0.05, 0) is 23.2 Å². The van der Waals surface area contributed by atoms with Crippen LogP contribution in [0.2, 0.25) is 0 Å². The van der Waals surface area contributed by atoms with Crippen molar-refractivity contribution in [1.29, 1.82) is 0 Å². The molecule has 0 heterocycles. The van der Waals surface area contributed by atoms with Gasteiger partial charge < -0.3 is 20.5 Å². The molecule has 5 nitrogen and oxygen atoms in total. The molecule has 0 radical (unpaired) electrons. The van der Waals surface area contributed by atoms with E-state index in [1.165, 1.54) is 19.2 Å². The van der Waals surface area contributed by atoms with E-state index in [1.807, 2.05) is 0 Å². The second-order valence-corrected chi connectivity index (χ2v) is 3.13. The summed E-state index contributed by atoms with van der Waals surface area (Å²) in [6, 6.07) is 4.52. The molecule has 0 saturated heterocycles. The lowest BCUT2D eigenvalue weighted by molar-refractivity contribution is -0.139. The van der Waals surface area contributed by atoms with E-state index in [0.29, 0.717) is 11.3 Å². The van der Waals surface area contributed by atoms with E-state index in [-0.39, 0.29) is 11.9 Å². The number of benzene rings is 1. The number of anilines is 1. The summed E-state index contributed by atoms with van der Waals surface area (Å²) in [7, 11) is -0.305. The van der Waals surface area contributed by atoms with E-state index < -0.39 is 13.1 Å². The van der Waals surface area contributed by atoms with Gasteiger partial charge >= 0.3 is 13.1 Å². The Bertz CT molecular complexity index is 367. The molecule has 80 valence electrons. The van der Waals surface area contributed by atoms with Gasteiger partial charge in [-0.25, -0.2) is 0 Å². The Balaban J connectivity index is 2.93. The van der Waals surface area contributed by atoms with Gasteiger partial charge in [0.2, 0.25) is 0 Å². The van der Waals surface area contributed by atoms with E-state index >= 15 is 0 Å². The largest absolute Gasteiger partial charge is 0.488 e. The summed E-state index contributed by atoms with van der Waals surface area (Å²) in [6.45, 7) is 0. The molecular weight excluding hydrogens is 197 g/mol. The fourth-order valence-corrected chi connectivity index (χ4v) is 1.24. The van der Waals surface area contributed by atoms with Crippen molar-refractivity contribution in [3.8, 4) is 0 Å². The molecule has 0 aliphatic rings. The molecule has 1 aromatic carbocycles. The lowest BCUT2D eigenvalue weighted by Gasteiger charge is -2.05. The maximum atomic E-state index is 11.0. The average molecular weight is 209 g/mol. The highest BCUT2D eigenvalue weighted by molar-refractivity contribution is 6.58. The Hall–Kier alpha value is -1.53. The van der Waals surface area contributed by atoms with Crippen LogP contribution >= 0.6 is 0 Å². The number of nitrogen functional groups attached to an aromatic ring is 1. The first kappa shape index (κ1) is 11.5. The monoisotopic (exact) mass is 209 g/mol. The lowest BCUT2D eigenvalue weighted by Crippen LogP contribution is -2.30. The third-order valence-electron chi connectivity index (χ3n) is 1.91. The standard InChI is InChI=1S/C9H12BNO4/c1-15-9(12)4-6-2-7(10(13)14)5-8(11)3-6/h2-3,5,13-14H,4,11H2,1H3. The molecular formula is C9H12BNO4. The summed E-state index contributed by atoms with van der Waals surface area (Å²) in [6.07, 6.45) is 0.0568. The fraction of sp³-hybridized carbons (Fsp3) is 0.222. The van der Waals surface area contributed by atoms with Crippen molar-refractivity contribution < 1.29 is 19.6 Å². The fourth-order valence-electron chi connectivity index (χ4n) is 1.24. The Morgan fingerprint density at radius 2 is 2.13 bits per heavy atom. The zero-order chi connectivity index (χ0) is 11.4. The Morgan fingerprint density at radius 1 is 1.47 bits per heavy atom. The number of hydrogen-bond acceptors (Lipinski definition) is 5. The topological polar surface area (TPSA) is 92.8 Å².